The number of nitrogens with one attached hydrogen (secondary N) is 1. The summed E-state index contributed by atoms with van der Waals surface area (Å²) in [6.45, 7) is 0. The van der Waals surface area contributed by atoms with Gasteiger partial charge >= 0.3 is 5.97 Å². The van der Waals surface area contributed by atoms with Gasteiger partial charge in [-0.1, -0.05) is 6.07 Å². The average molecular weight is 272 g/mol. The van der Waals surface area contributed by atoms with Gasteiger partial charge in [0.05, 0.1) is 5.69 Å². The van der Waals surface area contributed by atoms with Crippen LogP contribution in [0.1, 0.15) is 5.56 Å². The van der Waals surface area contributed by atoms with Crippen molar-refractivity contribution in [3.8, 4) is 5.75 Å². The third-order valence-electron chi connectivity index (χ3n) is 2.45. The lowest BCUT2D eigenvalue weighted by atomic mass is 10.1. The number of carboxylic acids is 1. The van der Waals surface area contributed by atoms with Gasteiger partial charge in [-0.2, -0.15) is 0 Å². The maximum Gasteiger partial charge on any atom is 0.320 e. The highest BCUT2D eigenvalue weighted by molar-refractivity contribution is 7.92. The van der Waals surface area contributed by atoms with Gasteiger partial charge in [0.15, 0.2) is 0 Å². The molecule has 7 nitrogen and oxygen atoms in total. The number of ether oxygens (including phenoxy) is 1. The Hall–Kier alpha value is -1.80. The van der Waals surface area contributed by atoms with Crippen molar-refractivity contribution >= 4 is 21.7 Å². The topological polar surface area (TPSA) is 119 Å². The van der Waals surface area contributed by atoms with Crippen LogP contribution in [0.4, 0.5) is 5.69 Å². The summed E-state index contributed by atoms with van der Waals surface area (Å²) in [5.41, 5.74) is 6.33. The molecule has 98 valence electrons. The molecule has 0 bridgehead atoms. The molecule has 1 atom stereocenters. The van der Waals surface area contributed by atoms with Gasteiger partial charge in [0.2, 0.25) is 5.94 Å². The minimum Gasteiger partial charge on any atom is -0.480 e. The van der Waals surface area contributed by atoms with Crippen LogP contribution < -0.4 is 15.2 Å². The molecule has 0 saturated carbocycles. The Morgan fingerprint density at radius 1 is 1.56 bits per heavy atom. The van der Waals surface area contributed by atoms with Crippen LogP contribution in [0.15, 0.2) is 18.2 Å². The van der Waals surface area contributed by atoms with E-state index in [4.69, 9.17) is 15.6 Å². The molecule has 0 spiro atoms. The fourth-order valence-electron chi connectivity index (χ4n) is 1.59. The van der Waals surface area contributed by atoms with Crippen LogP contribution in [0, 0.1) is 0 Å². The van der Waals surface area contributed by atoms with Gasteiger partial charge in [0.1, 0.15) is 11.8 Å². The quantitative estimate of drug-likeness (QED) is 0.697. The van der Waals surface area contributed by atoms with Gasteiger partial charge in [-0.25, -0.2) is 8.42 Å². The second-order valence-corrected chi connectivity index (χ2v) is 5.63. The van der Waals surface area contributed by atoms with E-state index >= 15 is 0 Å². The summed E-state index contributed by atoms with van der Waals surface area (Å²) >= 11 is 0. The second-order valence-electron chi connectivity index (χ2n) is 3.96. The van der Waals surface area contributed by atoms with Crippen LogP contribution >= 0.6 is 0 Å². The summed E-state index contributed by atoms with van der Waals surface area (Å²) in [6.07, 6.45) is 0.115. The van der Waals surface area contributed by atoms with E-state index in [-0.39, 0.29) is 6.42 Å². The molecule has 1 unspecified atom stereocenters. The highest BCUT2D eigenvalue weighted by Gasteiger charge is 2.22. The van der Waals surface area contributed by atoms with Crippen LogP contribution in [0.2, 0.25) is 0 Å². The summed E-state index contributed by atoms with van der Waals surface area (Å²) in [4.78, 5) is 10.6. The molecule has 2 rings (SSSR count). The Labute approximate surface area is 104 Å². The number of sulfonamides is 1. The molecular weight excluding hydrogens is 260 g/mol. The van der Waals surface area contributed by atoms with Crippen molar-refractivity contribution in [2.24, 2.45) is 5.73 Å². The number of rotatable bonds is 3. The predicted molar refractivity (Wildman–Crippen MR) is 63.8 cm³/mol. The molecule has 1 aliphatic rings. The van der Waals surface area contributed by atoms with Gasteiger partial charge in [-0.15, -0.1) is 0 Å². The lowest BCUT2D eigenvalue weighted by Crippen LogP contribution is -2.32. The summed E-state index contributed by atoms with van der Waals surface area (Å²) in [6, 6.07) is 3.74. The molecular formula is C10H12N2O5S. The summed E-state index contributed by atoms with van der Waals surface area (Å²) < 4.78 is 30.0. The average Bonchev–Trinajstić information content (AvgIpc) is 2.27. The van der Waals surface area contributed by atoms with Crippen LogP contribution in [0.25, 0.3) is 0 Å². The van der Waals surface area contributed by atoms with Crippen LogP contribution in [0.5, 0.6) is 5.75 Å². The standard InChI is InChI=1S/C10H12N2O5S/c11-7(10(13)14)3-6-1-2-9-8(4-6)12-18(15,16)5-17-9/h1-2,4,7,12H,3,5,11H2,(H,13,14). The lowest BCUT2D eigenvalue weighted by molar-refractivity contribution is -0.138. The highest BCUT2D eigenvalue weighted by atomic mass is 32.2. The SMILES string of the molecule is NC(Cc1ccc2c(c1)NS(=O)(=O)CO2)C(=O)O. The van der Waals surface area contributed by atoms with Crippen molar-refractivity contribution in [3.63, 3.8) is 0 Å². The van der Waals surface area contributed by atoms with E-state index in [1.165, 1.54) is 6.07 Å². The number of benzene rings is 1. The summed E-state index contributed by atoms with van der Waals surface area (Å²) in [5, 5.41) is 8.70. The Kier molecular flexibility index (Phi) is 3.14. The largest absolute Gasteiger partial charge is 0.480 e. The van der Waals surface area contributed by atoms with Crippen molar-refractivity contribution < 1.29 is 23.1 Å². The molecule has 0 fully saturated rings. The van der Waals surface area contributed by atoms with Gasteiger partial charge in [-0.3, -0.25) is 9.52 Å². The van der Waals surface area contributed by atoms with E-state index < -0.39 is 28.0 Å². The number of carbonyl (C=O) groups is 1. The highest BCUT2D eigenvalue weighted by Crippen LogP contribution is 2.30. The number of hydrogen-bond donors (Lipinski definition) is 3. The normalized spacial score (nSPS) is 18.1. The van der Waals surface area contributed by atoms with Crippen molar-refractivity contribution in [3.05, 3.63) is 23.8 Å². The molecule has 1 aliphatic heterocycles. The first-order valence-corrected chi connectivity index (χ1v) is 6.77. The maximum atomic E-state index is 11.3. The molecule has 0 aliphatic carbocycles. The lowest BCUT2D eigenvalue weighted by Gasteiger charge is -2.20. The van der Waals surface area contributed by atoms with E-state index in [9.17, 15) is 13.2 Å². The third kappa shape index (κ3) is 2.71. The zero-order valence-electron chi connectivity index (χ0n) is 9.29. The van der Waals surface area contributed by atoms with Crippen molar-refractivity contribution in [1.29, 1.82) is 0 Å². The van der Waals surface area contributed by atoms with Crippen molar-refractivity contribution in [2.75, 3.05) is 10.7 Å². The molecule has 1 aromatic carbocycles. The van der Waals surface area contributed by atoms with Gasteiger partial charge in [0.25, 0.3) is 10.0 Å². The maximum absolute atomic E-state index is 11.3. The smallest absolute Gasteiger partial charge is 0.320 e. The van der Waals surface area contributed by atoms with E-state index in [2.05, 4.69) is 4.72 Å². The minimum absolute atomic E-state index is 0.115. The molecule has 0 amide bonds. The number of aliphatic carboxylic acids is 1. The fourth-order valence-corrected chi connectivity index (χ4v) is 2.42. The molecule has 0 saturated heterocycles. The number of hydrogen-bond acceptors (Lipinski definition) is 5. The van der Waals surface area contributed by atoms with Crippen LogP contribution in [0.3, 0.4) is 0 Å². The van der Waals surface area contributed by atoms with E-state index in [0.29, 0.717) is 17.0 Å². The zero-order chi connectivity index (χ0) is 13.3. The third-order valence-corrected chi connectivity index (χ3v) is 3.41. The fraction of sp³-hybridized carbons (Fsp3) is 0.300. The number of carboxylic acid groups (broad SMARTS) is 1. The first-order chi connectivity index (χ1) is 8.37. The van der Waals surface area contributed by atoms with E-state index in [1.807, 2.05) is 0 Å². The molecule has 8 heteroatoms. The predicted octanol–water partition coefficient (Wildman–Crippen LogP) is -0.267. The van der Waals surface area contributed by atoms with Crippen molar-refractivity contribution in [2.45, 2.75) is 12.5 Å². The molecule has 0 aromatic heterocycles. The second kappa shape index (κ2) is 4.46. The monoisotopic (exact) mass is 272 g/mol. The van der Waals surface area contributed by atoms with Gasteiger partial charge < -0.3 is 15.6 Å². The van der Waals surface area contributed by atoms with Crippen LogP contribution in [-0.2, 0) is 21.2 Å². The van der Waals surface area contributed by atoms with E-state index in [1.54, 1.807) is 12.1 Å². The Bertz CT molecular complexity index is 584. The summed E-state index contributed by atoms with van der Waals surface area (Å²) in [5.74, 6) is -1.12. The van der Waals surface area contributed by atoms with E-state index in [0.717, 1.165) is 0 Å². The van der Waals surface area contributed by atoms with Gasteiger partial charge in [0, 0.05) is 0 Å². The molecule has 18 heavy (non-hydrogen) atoms. The zero-order valence-corrected chi connectivity index (χ0v) is 10.1. The molecule has 1 heterocycles. The Morgan fingerprint density at radius 3 is 2.94 bits per heavy atom. The molecule has 4 N–H and O–H groups in total. The molecule has 0 radical (unpaired) electrons. The molecule has 1 aromatic rings. The summed E-state index contributed by atoms with van der Waals surface area (Å²) in [7, 11) is -3.48. The first-order valence-electron chi connectivity index (χ1n) is 5.12. The Morgan fingerprint density at radius 2 is 2.28 bits per heavy atom. The minimum atomic E-state index is -3.48. The Balaban J connectivity index is 2.24. The number of fused-ring (bicyclic) bond motifs is 1. The van der Waals surface area contributed by atoms with Crippen LogP contribution in [-0.4, -0.2) is 31.5 Å². The number of nitrogens with two attached hydrogens (primary N) is 1. The van der Waals surface area contributed by atoms with Gasteiger partial charge in [-0.05, 0) is 24.1 Å². The van der Waals surface area contributed by atoms with Crippen molar-refractivity contribution in [1.82, 2.24) is 0 Å². The first kappa shape index (κ1) is 12.7. The number of anilines is 1.